The van der Waals surface area contributed by atoms with Crippen molar-refractivity contribution in [1.29, 1.82) is 0 Å². The van der Waals surface area contributed by atoms with Crippen molar-refractivity contribution in [2.75, 3.05) is 13.6 Å². The SMILES string of the molecule is CCN(Cc1ccc(C(=O)N(C)Cc2ccco2)cc1)S(=O)(=O)c1ccc(Cl)cc1. The van der Waals surface area contributed by atoms with E-state index in [1.807, 2.05) is 6.07 Å². The number of hydrogen-bond acceptors (Lipinski definition) is 4. The largest absolute Gasteiger partial charge is 0.467 e. The van der Waals surface area contributed by atoms with Crippen LogP contribution in [-0.2, 0) is 23.1 Å². The zero-order valence-corrected chi connectivity index (χ0v) is 18.4. The summed E-state index contributed by atoms with van der Waals surface area (Å²) in [6, 6.07) is 16.7. The van der Waals surface area contributed by atoms with E-state index in [0.29, 0.717) is 29.4 Å². The predicted octanol–water partition coefficient (Wildman–Crippen LogP) is 4.42. The first-order valence-corrected chi connectivity index (χ1v) is 11.3. The molecule has 0 aliphatic rings. The molecule has 0 aliphatic heterocycles. The first-order chi connectivity index (χ1) is 14.3. The lowest BCUT2D eigenvalue weighted by Gasteiger charge is -2.21. The van der Waals surface area contributed by atoms with Crippen LogP contribution in [0.15, 0.2) is 76.2 Å². The van der Waals surface area contributed by atoms with E-state index < -0.39 is 10.0 Å². The highest BCUT2D eigenvalue weighted by Crippen LogP contribution is 2.21. The van der Waals surface area contributed by atoms with E-state index in [2.05, 4.69) is 0 Å². The lowest BCUT2D eigenvalue weighted by Crippen LogP contribution is -2.30. The highest BCUT2D eigenvalue weighted by molar-refractivity contribution is 7.89. The van der Waals surface area contributed by atoms with Gasteiger partial charge >= 0.3 is 0 Å². The normalized spacial score (nSPS) is 11.6. The number of amides is 1. The molecule has 1 amide bonds. The first kappa shape index (κ1) is 22.1. The molecule has 3 aromatic rings. The summed E-state index contributed by atoms with van der Waals surface area (Å²) < 4.78 is 32.5. The fourth-order valence-corrected chi connectivity index (χ4v) is 4.57. The number of halogens is 1. The average molecular weight is 447 g/mol. The smallest absolute Gasteiger partial charge is 0.254 e. The fraction of sp³-hybridized carbons (Fsp3) is 0.227. The van der Waals surface area contributed by atoms with Crippen LogP contribution in [0.4, 0.5) is 0 Å². The summed E-state index contributed by atoms with van der Waals surface area (Å²) in [6.07, 6.45) is 1.57. The molecule has 8 heteroatoms. The lowest BCUT2D eigenvalue weighted by atomic mass is 10.1. The lowest BCUT2D eigenvalue weighted by molar-refractivity contribution is 0.0775. The van der Waals surface area contributed by atoms with Gasteiger partial charge in [0, 0.05) is 30.7 Å². The van der Waals surface area contributed by atoms with E-state index >= 15 is 0 Å². The Morgan fingerprint density at radius 3 is 2.23 bits per heavy atom. The van der Waals surface area contributed by atoms with Crippen molar-refractivity contribution in [3.8, 4) is 0 Å². The third-order valence-electron chi connectivity index (χ3n) is 4.68. The van der Waals surface area contributed by atoms with Crippen LogP contribution < -0.4 is 0 Å². The number of furan rings is 1. The maximum atomic E-state index is 12.9. The molecule has 0 aliphatic carbocycles. The number of carbonyl (C=O) groups is 1. The van der Waals surface area contributed by atoms with Crippen LogP contribution in [0.3, 0.4) is 0 Å². The third kappa shape index (κ3) is 5.11. The summed E-state index contributed by atoms with van der Waals surface area (Å²) >= 11 is 5.86. The quantitative estimate of drug-likeness (QED) is 0.513. The summed E-state index contributed by atoms with van der Waals surface area (Å²) in [6.45, 7) is 2.68. The molecule has 0 atom stereocenters. The topological polar surface area (TPSA) is 70.8 Å². The van der Waals surface area contributed by atoms with Gasteiger partial charge in [0.15, 0.2) is 0 Å². The van der Waals surface area contributed by atoms with Gasteiger partial charge in [-0.2, -0.15) is 4.31 Å². The average Bonchev–Trinajstić information content (AvgIpc) is 3.25. The third-order valence-corrected chi connectivity index (χ3v) is 6.87. The van der Waals surface area contributed by atoms with Gasteiger partial charge in [0.2, 0.25) is 10.0 Å². The summed E-state index contributed by atoms with van der Waals surface area (Å²) in [4.78, 5) is 14.4. The van der Waals surface area contributed by atoms with Crippen LogP contribution in [0.2, 0.25) is 5.02 Å². The van der Waals surface area contributed by atoms with Gasteiger partial charge in [0.25, 0.3) is 5.91 Å². The number of benzene rings is 2. The van der Waals surface area contributed by atoms with Crippen molar-refractivity contribution in [2.24, 2.45) is 0 Å². The maximum absolute atomic E-state index is 12.9. The molecule has 0 radical (unpaired) electrons. The monoisotopic (exact) mass is 446 g/mol. The Labute approximate surface area is 181 Å². The fourth-order valence-electron chi connectivity index (χ4n) is 3.01. The first-order valence-electron chi connectivity index (χ1n) is 9.43. The molecule has 6 nitrogen and oxygen atoms in total. The van der Waals surface area contributed by atoms with Gasteiger partial charge in [-0.1, -0.05) is 30.7 Å². The minimum atomic E-state index is -3.65. The molecule has 2 aromatic carbocycles. The van der Waals surface area contributed by atoms with Crippen LogP contribution in [0.1, 0.15) is 28.6 Å². The summed E-state index contributed by atoms with van der Waals surface area (Å²) in [7, 11) is -1.94. The molecule has 3 rings (SSSR count). The highest BCUT2D eigenvalue weighted by Gasteiger charge is 2.23. The molecular formula is C22H23ClN2O4S. The van der Waals surface area contributed by atoms with Crippen LogP contribution in [-0.4, -0.2) is 37.1 Å². The van der Waals surface area contributed by atoms with Gasteiger partial charge in [-0.25, -0.2) is 8.42 Å². The molecule has 0 saturated carbocycles. The van der Waals surface area contributed by atoms with Crippen molar-refractivity contribution >= 4 is 27.5 Å². The standard InChI is InChI=1S/C22H23ClN2O4S/c1-3-25(30(27,28)21-12-10-19(23)11-13-21)15-17-6-8-18(9-7-17)22(26)24(2)16-20-5-4-14-29-20/h4-14H,3,15-16H2,1-2H3. The second kappa shape index (κ2) is 9.47. The molecular weight excluding hydrogens is 424 g/mol. The Morgan fingerprint density at radius 1 is 1.00 bits per heavy atom. The number of carbonyl (C=O) groups excluding carboxylic acids is 1. The zero-order valence-electron chi connectivity index (χ0n) is 16.8. The minimum Gasteiger partial charge on any atom is -0.467 e. The second-order valence-corrected chi connectivity index (χ2v) is 9.20. The van der Waals surface area contributed by atoms with Crippen molar-refractivity contribution in [2.45, 2.75) is 24.9 Å². The Morgan fingerprint density at radius 2 is 1.67 bits per heavy atom. The Bertz CT molecular complexity index is 1080. The second-order valence-electron chi connectivity index (χ2n) is 6.82. The minimum absolute atomic E-state index is 0.140. The van der Waals surface area contributed by atoms with E-state index in [4.69, 9.17) is 16.0 Å². The van der Waals surface area contributed by atoms with E-state index in [-0.39, 0.29) is 17.3 Å². The van der Waals surface area contributed by atoms with Gasteiger partial charge < -0.3 is 9.32 Å². The van der Waals surface area contributed by atoms with Crippen LogP contribution in [0, 0.1) is 0 Å². The van der Waals surface area contributed by atoms with Crippen molar-refractivity contribution in [1.82, 2.24) is 9.21 Å². The van der Waals surface area contributed by atoms with Gasteiger partial charge in [0.1, 0.15) is 5.76 Å². The van der Waals surface area contributed by atoms with Crippen molar-refractivity contribution in [3.63, 3.8) is 0 Å². The van der Waals surface area contributed by atoms with Gasteiger partial charge in [-0.3, -0.25) is 4.79 Å². The Hall–Kier alpha value is -2.61. The molecule has 0 spiro atoms. The van der Waals surface area contributed by atoms with Gasteiger partial charge in [-0.05, 0) is 54.1 Å². The predicted molar refractivity (Wildman–Crippen MR) is 116 cm³/mol. The highest BCUT2D eigenvalue weighted by atomic mass is 35.5. The van der Waals surface area contributed by atoms with Crippen LogP contribution in [0.25, 0.3) is 0 Å². The van der Waals surface area contributed by atoms with E-state index in [1.165, 1.54) is 16.4 Å². The Balaban J connectivity index is 1.70. The molecule has 0 bridgehead atoms. The Kier molecular flexibility index (Phi) is 6.97. The van der Waals surface area contributed by atoms with Crippen molar-refractivity contribution < 1.29 is 17.6 Å². The molecule has 1 heterocycles. The summed E-state index contributed by atoms with van der Waals surface area (Å²) in [5, 5.41) is 0.481. The van der Waals surface area contributed by atoms with Crippen LogP contribution in [0.5, 0.6) is 0 Å². The van der Waals surface area contributed by atoms with Gasteiger partial charge in [0.05, 0.1) is 17.7 Å². The van der Waals surface area contributed by atoms with Gasteiger partial charge in [-0.15, -0.1) is 0 Å². The molecule has 0 unspecified atom stereocenters. The number of nitrogens with zero attached hydrogens (tertiary/aromatic N) is 2. The zero-order chi connectivity index (χ0) is 21.7. The van der Waals surface area contributed by atoms with E-state index in [0.717, 1.165) is 5.56 Å². The molecule has 0 saturated heterocycles. The molecule has 30 heavy (non-hydrogen) atoms. The van der Waals surface area contributed by atoms with E-state index in [1.54, 1.807) is 67.6 Å². The molecule has 1 aromatic heterocycles. The van der Waals surface area contributed by atoms with E-state index in [9.17, 15) is 13.2 Å². The molecule has 0 N–H and O–H groups in total. The number of sulfonamides is 1. The summed E-state index contributed by atoms with van der Waals surface area (Å²) in [5.74, 6) is 0.563. The molecule has 0 fully saturated rings. The number of rotatable bonds is 8. The molecule has 158 valence electrons. The maximum Gasteiger partial charge on any atom is 0.254 e. The van der Waals surface area contributed by atoms with Crippen molar-refractivity contribution in [3.05, 3.63) is 88.8 Å². The number of hydrogen-bond donors (Lipinski definition) is 0. The van der Waals surface area contributed by atoms with Crippen LogP contribution >= 0.6 is 11.6 Å². The summed E-state index contributed by atoms with van der Waals surface area (Å²) in [5.41, 5.74) is 1.32.